The van der Waals surface area contributed by atoms with Crippen molar-refractivity contribution in [1.82, 2.24) is 0 Å². The van der Waals surface area contributed by atoms with Crippen molar-refractivity contribution in [3.63, 3.8) is 0 Å². The number of allylic oxidation sites excluding steroid dienone is 3. The fraction of sp³-hybridized carbons (Fsp3) is 0.409. The van der Waals surface area contributed by atoms with Crippen molar-refractivity contribution in [2.45, 2.75) is 19.4 Å². The van der Waals surface area contributed by atoms with Gasteiger partial charge in [-0.25, -0.2) is 4.58 Å². The summed E-state index contributed by atoms with van der Waals surface area (Å²) in [6.45, 7) is 3.12. The Morgan fingerprint density at radius 1 is 0.963 bits per heavy atom. The van der Waals surface area contributed by atoms with Crippen LogP contribution in [0.1, 0.15) is 18.1 Å². The van der Waals surface area contributed by atoms with Crippen LogP contribution in [-0.4, -0.2) is 51.9 Å². The molecule has 0 spiro atoms. The van der Waals surface area contributed by atoms with E-state index in [1.165, 1.54) is 28.0 Å². The molecule has 4 rings (SSSR count). The Morgan fingerprint density at radius 3 is 2.37 bits per heavy atom. The maximum atomic E-state index is 5.78. The molecule has 0 fully saturated rings. The summed E-state index contributed by atoms with van der Waals surface area (Å²) in [5.74, 6) is 2.56. The lowest BCUT2D eigenvalue weighted by Crippen LogP contribution is -2.38. The topological polar surface area (TPSA) is 39.9 Å². The van der Waals surface area contributed by atoms with Gasteiger partial charge in [0.05, 0.1) is 32.8 Å². The lowest BCUT2D eigenvalue weighted by Gasteiger charge is -2.33. The van der Waals surface area contributed by atoms with Gasteiger partial charge in [-0.05, 0) is 36.3 Å². The van der Waals surface area contributed by atoms with E-state index in [0.29, 0.717) is 0 Å². The van der Waals surface area contributed by atoms with E-state index in [0.717, 1.165) is 30.2 Å². The molecule has 1 aliphatic carbocycles. The van der Waals surface area contributed by atoms with Crippen molar-refractivity contribution >= 4 is 11.9 Å². The van der Waals surface area contributed by atoms with Crippen LogP contribution in [0.4, 0.5) is 0 Å². The zero-order chi connectivity index (χ0) is 19.1. The highest BCUT2D eigenvalue weighted by Crippen LogP contribution is 2.43. The van der Waals surface area contributed by atoms with Crippen LogP contribution in [0.5, 0.6) is 11.5 Å². The molecule has 27 heavy (non-hydrogen) atoms. The van der Waals surface area contributed by atoms with Crippen LogP contribution < -0.4 is 9.47 Å². The third kappa shape index (κ3) is 2.69. The van der Waals surface area contributed by atoms with Gasteiger partial charge in [-0.2, -0.15) is 0 Å². The summed E-state index contributed by atoms with van der Waals surface area (Å²) >= 11 is 0. The second-order valence-electron chi connectivity index (χ2n) is 7.01. The smallest absolute Gasteiger partial charge is 0.215 e. The minimum Gasteiger partial charge on any atom is -0.498 e. The van der Waals surface area contributed by atoms with Crippen molar-refractivity contribution in [3.8, 4) is 11.5 Å². The van der Waals surface area contributed by atoms with Gasteiger partial charge in [0.1, 0.15) is 11.9 Å². The van der Waals surface area contributed by atoms with Crippen LogP contribution in [0.2, 0.25) is 0 Å². The Balaban J connectivity index is 1.88. The first kappa shape index (κ1) is 17.9. The predicted octanol–water partition coefficient (Wildman–Crippen LogP) is 3.19. The van der Waals surface area contributed by atoms with Gasteiger partial charge < -0.3 is 18.9 Å². The third-order valence-electron chi connectivity index (χ3n) is 5.79. The SMILES string of the molecule is COC1=CC=C2C(C)=C3c4cc(OC)c(OC)cc4CC[N+]3=C[C@H]2C1OC. The Bertz CT molecular complexity index is 907. The molecular formula is C22H26NO4+. The average Bonchev–Trinajstić information content (AvgIpc) is 2.71. The first-order chi connectivity index (χ1) is 13.1. The summed E-state index contributed by atoms with van der Waals surface area (Å²) in [4.78, 5) is 0. The Hall–Kier alpha value is -2.53. The summed E-state index contributed by atoms with van der Waals surface area (Å²) < 4.78 is 24.7. The molecule has 1 aromatic carbocycles. The van der Waals surface area contributed by atoms with Crippen molar-refractivity contribution in [3.05, 3.63) is 52.3 Å². The summed E-state index contributed by atoms with van der Waals surface area (Å²) in [7, 11) is 6.80. The van der Waals surface area contributed by atoms with Crippen molar-refractivity contribution in [2.75, 3.05) is 35.0 Å². The number of ether oxygens (including phenoxy) is 4. The minimum atomic E-state index is -0.0988. The zero-order valence-electron chi connectivity index (χ0n) is 16.5. The maximum Gasteiger partial charge on any atom is 0.215 e. The van der Waals surface area contributed by atoms with Gasteiger partial charge in [-0.15, -0.1) is 0 Å². The van der Waals surface area contributed by atoms with Crippen LogP contribution in [0.25, 0.3) is 5.70 Å². The highest BCUT2D eigenvalue weighted by Gasteiger charge is 2.42. The van der Waals surface area contributed by atoms with Crippen molar-refractivity contribution < 1.29 is 23.5 Å². The quantitative estimate of drug-likeness (QED) is 0.766. The fourth-order valence-electron chi connectivity index (χ4n) is 4.45. The van der Waals surface area contributed by atoms with Gasteiger partial charge in [-0.1, -0.05) is 6.08 Å². The Morgan fingerprint density at radius 2 is 1.70 bits per heavy atom. The van der Waals surface area contributed by atoms with E-state index in [9.17, 15) is 0 Å². The van der Waals surface area contributed by atoms with Crippen LogP contribution in [0.3, 0.4) is 0 Å². The Kier molecular flexibility index (Phi) is 4.56. The molecule has 1 aromatic rings. The molecule has 2 aliphatic heterocycles. The first-order valence-electron chi connectivity index (χ1n) is 9.19. The predicted molar refractivity (Wildman–Crippen MR) is 104 cm³/mol. The number of rotatable bonds is 4. The fourth-order valence-corrected chi connectivity index (χ4v) is 4.45. The number of hydrogen-bond acceptors (Lipinski definition) is 4. The molecule has 0 amide bonds. The third-order valence-corrected chi connectivity index (χ3v) is 5.79. The van der Waals surface area contributed by atoms with Gasteiger partial charge in [0, 0.05) is 19.1 Å². The second kappa shape index (κ2) is 6.89. The van der Waals surface area contributed by atoms with Crippen LogP contribution in [0.15, 0.2) is 41.2 Å². The number of fused-ring (bicyclic) bond motifs is 4. The average molecular weight is 368 g/mol. The second-order valence-corrected chi connectivity index (χ2v) is 7.01. The van der Waals surface area contributed by atoms with Crippen LogP contribution in [-0.2, 0) is 15.9 Å². The van der Waals surface area contributed by atoms with E-state index in [-0.39, 0.29) is 12.0 Å². The summed E-state index contributed by atoms with van der Waals surface area (Å²) in [6.07, 6.45) is 7.32. The van der Waals surface area contributed by atoms with Gasteiger partial charge in [-0.3, -0.25) is 0 Å². The van der Waals surface area contributed by atoms with Gasteiger partial charge in [0.15, 0.2) is 24.3 Å². The van der Waals surface area contributed by atoms with E-state index >= 15 is 0 Å². The number of methoxy groups -OCH3 is 4. The molecule has 0 radical (unpaired) electrons. The molecule has 0 aromatic heterocycles. The van der Waals surface area contributed by atoms with Gasteiger partial charge in [0.2, 0.25) is 5.70 Å². The van der Waals surface area contributed by atoms with Crippen LogP contribution in [0, 0.1) is 5.92 Å². The standard InChI is InChI=1S/C22H26NO4/c1-13-15-6-7-18(24-2)22(27-5)17(15)12-23-9-8-14-10-19(25-3)20(26-4)11-16(14)21(13)23/h6-7,10-12,17,22H,8-9H2,1-5H3/q+1/t17-,22?/m1/s1. The molecule has 3 aliphatic rings. The van der Waals surface area contributed by atoms with E-state index < -0.39 is 0 Å². The summed E-state index contributed by atoms with van der Waals surface area (Å²) in [6, 6.07) is 4.20. The lowest BCUT2D eigenvalue weighted by atomic mass is 9.79. The minimum absolute atomic E-state index is 0.0988. The molecule has 0 saturated heterocycles. The lowest BCUT2D eigenvalue weighted by molar-refractivity contribution is -0.434. The molecular weight excluding hydrogens is 342 g/mol. The molecule has 5 nitrogen and oxygen atoms in total. The van der Waals surface area contributed by atoms with Gasteiger partial charge >= 0.3 is 0 Å². The van der Waals surface area contributed by atoms with Gasteiger partial charge in [0.25, 0.3) is 0 Å². The molecule has 0 bridgehead atoms. The number of nitrogens with zero attached hydrogens (tertiary/aromatic N) is 1. The molecule has 5 heteroatoms. The maximum absolute atomic E-state index is 5.78. The molecule has 2 atom stereocenters. The highest BCUT2D eigenvalue weighted by molar-refractivity contribution is 5.81. The van der Waals surface area contributed by atoms with Crippen molar-refractivity contribution in [2.24, 2.45) is 5.92 Å². The molecule has 0 saturated carbocycles. The van der Waals surface area contributed by atoms with E-state index in [4.69, 9.17) is 18.9 Å². The number of hydrogen-bond donors (Lipinski definition) is 0. The molecule has 2 heterocycles. The number of benzene rings is 1. The molecule has 1 unspecified atom stereocenters. The zero-order valence-corrected chi connectivity index (χ0v) is 16.5. The Labute approximate surface area is 160 Å². The summed E-state index contributed by atoms with van der Waals surface area (Å²) in [5.41, 5.74) is 6.28. The monoisotopic (exact) mass is 368 g/mol. The van der Waals surface area contributed by atoms with Crippen molar-refractivity contribution in [1.29, 1.82) is 0 Å². The summed E-state index contributed by atoms with van der Waals surface area (Å²) in [5, 5.41) is 0. The normalized spacial score (nSPS) is 23.4. The van der Waals surface area contributed by atoms with E-state index in [1.54, 1.807) is 28.4 Å². The van der Waals surface area contributed by atoms with E-state index in [2.05, 4.69) is 35.9 Å². The highest BCUT2D eigenvalue weighted by atomic mass is 16.5. The molecule has 0 N–H and O–H groups in total. The molecule has 142 valence electrons. The van der Waals surface area contributed by atoms with Crippen LogP contribution >= 0.6 is 0 Å². The van der Waals surface area contributed by atoms with E-state index in [1.807, 2.05) is 6.08 Å². The largest absolute Gasteiger partial charge is 0.498 e. The first-order valence-corrected chi connectivity index (χ1v) is 9.19.